The summed E-state index contributed by atoms with van der Waals surface area (Å²) in [7, 11) is -8.18. The lowest BCUT2D eigenvalue weighted by Crippen LogP contribution is -2.14. The number of phenols is 1. The summed E-state index contributed by atoms with van der Waals surface area (Å²) in [6, 6.07) is 14.9. The van der Waals surface area contributed by atoms with Crippen molar-refractivity contribution in [1.29, 1.82) is 0 Å². The van der Waals surface area contributed by atoms with Crippen molar-refractivity contribution in [3.05, 3.63) is 82.7 Å². The number of thiazole rings is 1. The molecule has 0 amide bonds. The maximum atomic E-state index is 12.8. The normalized spacial score (nSPS) is 11.7. The van der Waals surface area contributed by atoms with Crippen molar-refractivity contribution in [2.24, 2.45) is 0 Å². The Balaban J connectivity index is 1.61. The van der Waals surface area contributed by atoms with Gasteiger partial charge in [0, 0.05) is 16.0 Å². The lowest BCUT2D eigenvalue weighted by Gasteiger charge is -2.11. The molecule has 0 fully saturated rings. The fraction of sp³-hybridized carbons (Fsp3) is 0. The van der Waals surface area contributed by atoms with Crippen LogP contribution in [0.25, 0.3) is 11.3 Å². The van der Waals surface area contributed by atoms with Crippen molar-refractivity contribution < 1.29 is 31.8 Å². The van der Waals surface area contributed by atoms with E-state index in [2.05, 4.69) is 14.4 Å². The summed E-state index contributed by atoms with van der Waals surface area (Å²) >= 11 is 6.78. The molecule has 4 N–H and O–H groups in total. The van der Waals surface area contributed by atoms with Gasteiger partial charge in [-0.2, -0.15) is 0 Å². The number of aromatic nitrogens is 1. The van der Waals surface area contributed by atoms with Gasteiger partial charge in [-0.3, -0.25) is 9.44 Å². The summed E-state index contributed by atoms with van der Waals surface area (Å²) in [5.74, 6) is -2.06. The van der Waals surface area contributed by atoms with Gasteiger partial charge in [0.25, 0.3) is 20.0 Å². The van der Waals surface area contributed by atoms with E-state index in [0.717, 1.165) is 29.5 Å². The standard InChI is InChI=1S/C22H16ClN3O7S3/c23-13-5-7-14(8-6-13)35(30,31)25-18-4-2-1-3-16(18)19-12-34-22(24-19)26-36(32,33)15-9-10-20(27)17(11-15)21(28)29/h1-12,25,27H,(H,24,26)(H,28,29). The Bertz CT molecular complexity index is 1670. The van der Waals surface area contributed by atoms with Crippen LogP contribution >= 0.6 is 22.9 Å². The predicted octanol–water partition coefficient (Wildman–Crippen LogP) is 4.47. The Morgan fingerprint density at radius 3 is 2.22 bits per heavy atom. The summed E-state index contributed by atoms with van der Waals surface area (Å²) < 4.78 is 55.9. The second-order valence-electron chi connectivity index (χ2n) is 7.23. The molecule has 4 aromatic rings. The molecule has 1 heterocycles. The molecule has 186 valence electrons. The Morgan fingerprint density at radius 1 is 0.889 bits per heavy atom. The van der Waals surface area contributed by atoms with Crippen LogP contribution in [0.2, 0.25) is 5.02 Å². The van der Waals surface area contributed by atoms with Gasteiger partial charge in [-0.15, -0.1) is 11.3 Å². The van der Waals surface area contributed by atoms with E-state index in [4.69, 9.17) is 16.7 Å². The molecular formula is C22H16ClN3O7S3. The molecule has 0 unspecified atom stereocenters. The second-order valence-corrected chi connectivity index (χ2v) is 11.9. The number of rotatable bonds is 8. The number of para-hydroxylation sites is 1. The molecule has 0 bridgehead atoms. The smallest absolute Gasteiger partial charge is 0.339 e. The number of carbonyl (C=O) groups is 1. The number of hydrogen-bond donors (Lipinski definition) is 4. The quantitative estimate of drug-likeness (QED) is 0.243. The Hall–Kier alpha value is -3.65. The molecule has 36 heavy (non-hydrogen) atoms. The highest BCUT2D eigenvalue weighted by atomic mass is 35.5. The zero-order valence-electron chi connectivity index (χ0n) is 17.9. The second kappa shape index (κ2) is 9.78. The van der Waals surface area contributed by atoms with Gasteiger partial charge in [-0.1, -0.05) is 29.8 Å². The first kappa shape index (κ1) is 25.4. The van der Waals surface area contributed by atoms with Crippen molar-refractivity contribution in [3.63, 3.8) is 0 Å². The van der Waals surface area contributed by atoms with Gasteiger partial charge in [0.1, 0.15) is 11.3 Å². The van der Waals surface area contributed by atoms with E-state index in [9.17, 15) is 26.7 Å². The number of anilines is 2. The van der Waals surface area contributed by atoms with Crippen molar-refractivity contribution in [2.45, 2.75) is 9.79 Å². The van der Waals surface area contributed by atoms with Crippen LogP contribution in [0.4, 0.5) is 10.8 Å². The predicted molar refractivity (Wildman–Crippen MR) is 136 cm³/mol. The largest absolute Gasteiger partial charge is 0.507 e. The molecule has 0 radical (unpaired) electrons. The number of nitrogens with zero attached hydrogens (tertiary/aromatic N) is 1. The third-order valence-electron chi connectivity index (χ3n) is 4.81. The molecule has 0 saturated carbocycles. The summed E-state index contributed by atoms with van der Waals surface area (Å²) in [5, 5.41) is 20.6. The molecule has 0 aliphatic heterocycles. The van der Waals surface area contributed by atoms with E-state index < -0.39 is 37.3 Å². The van der Waals surface area contributed by atoms with Gasteiger partial charge in [0.2, 0.25) is 0 Å². The van der Waals surface area contributed by atoms with E-state index in [1.807, 2.05) is 0 Å². The summed E-state index contributed by atoms with van der Waals surface area (Å²) in [4.78, 5) is 15.1. The van der Waals surface area contributed by atoms with Gasteiger partial charge in [-0.25, -0.2) is 26.6 Å². The first-order valence-corrected chi connectivity index (χ1v) is 14.1. The van der Waals surface area contributed by atoms with Crippen molar-refractivity contribution in [2.75, 3.05) is 9.44 Å². The van der Waals surface area contributed by atoms with E-state index in [-0.39, 0.29) is 20.6 Å². The molecule has 0 aliphatic carbocycles. The lowest BCUT2D eigenvalue weighted by molar-refractivity contribution is 0.0693. The van der Waals surface area contributed by atoms with Gasteiger partial charge in [0.15, 0.2) is 5.13 Å². The minimum Gasteiger partial charge on any atom is -0.507 e. The first-order chi connectivity index (χ1) is 17.0. The average molecular weight is 566 g/mol. The number of aromatic carboxylic acids is 1. The number of carboxylic acids is 1. The van der Waals surface area contributed by atoms with Gasteiger partial charge < -0.3 is 10.2 Å². The van der Waals surface area contributed by atoms with Crippen molar-refractivity contribution >= 4 is 59.8 Å². The maximum Gasteiger partial charge on any atom is 0.339 e. The zero-order valence-corrected chi connectivity index (χ0v) is 21.1. The number of benzene rings is 3. The van der Waals surface area contributed by atoms with Gasteiger partial charge >= 0.3 is 5.97 Å². The maximum absolute atomic E-state index is 12.8. The third kappa shape index (κ3) is 5.44. The van der Waals surface area contributed by atoms with Crippen LogP contribution in [0.5, 0.6) is 5.75 Å². The minimum absolute atomic E-state index is 0.00283. The SMILES string of the molecule is O=C(O)c1cc(S(=O)(=O)Nc2nc(-c3ccccc3NS(=O)(=O)c3ccc(Cl)cc3)cs2)ccc1O. The minimum atomic E-state index is -4.23. The summed E-state index contributed by atoms with van der Waals surface area (Å²) in [6.07, 6.45) is 0. The molecule has 4 rings (SSSR count). The highest BCUT2D eigenvalue weighted by Gasteiger charge is 2.22. The Morgan fingerprint density at radius 2 is 1.53 bits per heavy atom. The number of nitrogens with one attached hydrogen (secondary N) is 2. The van der Waals surface area contributed by atoms with Crippen molar-refractivity contribution in [1.82, 2.24) is 4.98 Å². The van der Waals surface area contributed by atoms with E-state index in [0.29, 0.717) is 16.3 Å². The van der Waals surface area contributed by atoms with Gasteiger partial charge in [-0.05, 0) is 48.5 Å². The van der Waals surface area contributed by atoms with Crippen LogP contribution in [0, 0.1) is 0 Å². The summed E-state index contributed by atoms with van der Waals surface area (Å²) in [5.41, 5.74) is 0.343. The molecule has 0 spiro atoms. The fourth-order valence-corrected chi connectivity index (χ4v) is 6.28. The highest BCUT2D eigenvalue weighted by molar-refractivity contribution is 7.93. The number of carboxylic acid groups (broad SMARTS) is 1. The average Bonchev–Trinajstić information content (AvgIpc) is 3.27. The molecule has 10 nitrogen and oxygen atoms in total. The Labute approximate surface area is 215 Å². The van der Waals surface area contributed by atoms with E-state index in [1.54, 1.807) is 18.2 Å². The van der Waals surface area contributed by atoms with Crippen LogP contribution < -0.4 is 9.44 Å². The van der Waals surface area contributed by atoms with E-state index >= 15 is 0 Å². The topological polar surface area (TPSA) is 163 Å². The van der Waals surface area contributed by atoms with E-state index in [1.165, 1.54) is 35.7 Å². The number of aromatic hydroxyl groups is 1. The van der Waals surface area contributed by atoms with Crippen LogP contribution in [-0.4, -0.2) is 38.0 Å². The van der Waals surface area contributed by atoms with Crippen LogP contribution in [0.1, 0.15) is 10.4 Å². The Kier molecular flexibility index (Phi) is 6.91. The molecule has 0 atom stereocenters. The molecule has 3 aromatic carbocycles. The number of hydrogen-bond acceptors (Lipinski definition) is 8. The monoisotopic (exact) mass is 565 g/mol. The fourth-order valence-electron chi connectivity index (χ4n) is 3.08. The molecule has 0 saturated heterocycles. The molecule has 1 aromatic heterocycles. The van der Waals surface area contributed by atoms with Crippen molar-refractivity contribution in [3.8, 4) is 17.0 Å². The van der Waals surface area contributed by atoms with Crippen LogP contribution in [-0.2, 0) is 20.0 Å². The zero-order chi connectivity index (χ0) is 26.1. The number of sulfonamides is 2. The molecular weight excluding hydrogens is 550 g/mol. The first-order valence-electron chi connectivity index (χ1n) is 9.89. The van der Waals surface area contributed by atoms with Gasteiger partial charge in [0.05, 0.1) is 21.2 Å². The third-order valence-corrected chi connectivity index (χ3v) is 8.66. The van der Waals surface area contributed by atoms with Crippen LogP contribution in [0.3, 0.4) is 0 Å². The molecule has 0 aliphatic rings. The summed E-state index contributed by atoms with van der Waals surface area (Å²) in [6.45, 7) is 0. The highest BCUT2D eigenvalue weighted by Crippen LogP contribution is 2.33. The van der Waals surface area contributed by atoms with Crippen LogP contribution in [0.15, 0.2) is 81.9 Å². The number of halogens is 1. The molecule has 14 heteroatoms. The lowest BCUT2D eigenvalue weighted by atomic mass is 10.1.